The zero-order valence-corrected chi connectivity index (χ0v) is 8.52. The summed E-state index contributed by atoms with van der Waals surface area (Å²) in [5.41, 5.74) is 8.62. The van der Waals surface area contributed by atoms with E-state index in [9.17, 15) is 0 Å². The van der Waals surface area contributed by atoms with Gasteiger partial charge in [0.2, 0.25) is 0 Å². The normalized spacial score (nSPS) is 15.2. The van der Waals surface area contributed by atoms with Crippen molar-refractivity contribution in [1.82, 2.24) is 0 Å². The highest BCUT2D eigenvalue weighted by Crippen LogP contribution is 2.27. The van der Waals surface area contributed by atoms with Crippen LogP contribution in [0.2, 0.25) is 0 Å². The van der Waals surface area contributed by atoms with Gasteiger partial charge in [0.25, 0.3) is 0 Å². The fourth-order valence-electron chi connectivity index (χ4n) is 2.09. The van der Waals surface area contributed by atoms with E-state index in [1.54, 1.807) is 0 Å². The summed E-state index contributed by atoms with van der Waals surface area (Å²) in [6.45, 7) is 0.832. The van der Waals surface area contributed by atoms with E-state index in [0.717, 1.165) is 12.5 Å². The lowest BCUT2D eigenvalue weighted by Crippen LogP contribution is -2.08. The van der Waals surface area contributed by atoms with E-state index in [4.69, 9.17) is 5.73 Å². The number of nitrogens with two attached hydrogens (primary N) is 1. The van der Waals surface area contributed by atoms with Crippen molar-refractivity contribution in [2.45, 2.75) is 19.3 Å². The Morgan fingerprint density at radius 1 is 1.15 bits per heavy atom. The van der Waals surface area contributed by atoms with Crippen molar-refractivity contribution in [3.05, 3.63) is 35.4 Å². The lowest BCUT2D eigenvalue weighted by atomic mass is 10.0. The average molecular weight is 198 g/mol. The molecule has 0 unspecified atom stereocenters. The van der Waals surface area contributed by atoms with E-state index in [1.165, 1.54) is 30.4 Å². The third kappa shape index (κ3) is 2.23. The first-order valence-corrected chi connectivity index (χ1v) is 4.67. The maximum absolute atomic E-state index is 5.54. The molecule has 2 heteroatoms. The molecule has 2 rings (SSSR count). The Morgan fingerprint density at radius 2 is 1.69 bits per heavy atom. The zero-order valence-electron chi connectivity index (χ0n) is 7.70. The molecule has 0 saturated carbocycles. The summed E-state index contributed by atoms with van der Waals surface area (Å²) in [4.78, 5) is 0. The second-order valence-electron chi connectivity index (χ2n) is 3.62. The summed E-state index contributed by atoms with van der Waals surface area (Å²) in [6.07, 6.45) is 3.66. The van der Waals surface area contributed by atoms with Crippen LogP contribution in [0.5, 0.6) is 0 Å². The van der Waals surface area contributed by atoms with Gasteiger partial charge in [-0.1, -0.05) is 24.3 Å². The Balaban J connectivity index is 0.000000845. The number of hydrogen-bond donors (Lipinski definition) is 1. The largest absolute Gasteiger partial charge is 0.330 e. The molecular weight excluding hydrogens is 182 g/mol. The molecular formula is C11H16ClN. The average Bonchev–Trinajstić information content (AvgIpc) is 2.47. The molecule has 0 aliphatic heterocycles. The molecule has 1 nitrogen and oxygen atoms in total. The fourth-order valence-corrected chi connectivity index (χ4v) is 2.09. The summed E-state index contributed by atoms with van der Waals surface area (Å²) in [5.74, 6) is 0.812. The second kappa shape index (κ2) is 4.64. The summed E-state index contributed by atoms with van der Waals surface area (Å²) < 4.78 is 0. The van der Waals surface area contributed by atoms with E-state index < -0.39 is 0 Å². The molecule has 0 radical (unpaired) electrons. The van der Waals surface area contributed by atoms with Gasteiger partial charge in [0.15, 0.2) is 0 Å². The van der Waals surface area contributed by atoms with Crippen LogP contribution in [0.1, 0.15) is 17.5 Å². The SMILES string of the molecule is Cl.NCCC1Cc2ccccc2C1. The standard InChI is InChI=1S/C11H15N.ClH/c12-6-5-9-7-10-3-1-2-4-11(10)8-9;/h1-4,9H,5-8,12H2;1H. The molecule has 1 aromatic carbocycles. The predicted octanol–water partition coefficient (Wildman–Crippen LogP) is 2.17. The van der Waals surface area contributed by atoms with Crippen LogP contribution in [0.3, 0.4) is 0 Å². The van der Waals surface area contributed by atoms with Crippen LogP contribution in [0.15, 0.2) is 24.3 Å². The van der Waals surface area contributed by atoms with Gasteiger partial charge in [-0.2, -0.15) is 0 Å². The molecule has 0 saturated heterocycles. The monoisotopic (exact) mass is 197 g/mol. The van der Waals surface area contributed by atoms with Gasteiger partial charge in [-0.05, 0) is 42.9 Å². The lowest BCUT2D eigenvalue weighted by molar-refractivity contribution is 0.522. The molecule has 72 valence electrons. The Morgan fingerprint density at radius 3 is 2.15 bits per heavy atom. The molecule has 0 bridgehead atoms. The van der Waals surface area contributed by atoms with Gasteiger partial charge < -0.3 is 5.73 Å². The maximum Gasteiger partial charge on any atom is -0.00744 e. The summed E-state index contributed by atoms with van der Waals surface area (Å²) >= 11 is 0. The number of hydrogen-bond acceptors (Lipinski definition) is 1. The minimum absolute atomic E-state index is 0. The summed E-state index contributed by atoms with van der Waals surface area (Å²) in [7, 11) is 0. The highest BCUT2D eigenvalue weighted by atomic mass is 35.5. The van der Waals surface area contributed by atoms with Crippen molar-refractivity contribution in [1.29, 1.82) is 0 Å². The van der Waals surface area contributed by atoms with Crippen LogP contribution in [-0.4, -0.2) is 6.54 Å². The van der Waals surface area contributed by atoms with Gasteiger partial charge in [-0.25, -0.2) is 0 Å². The highest BCUT2D eigenvalue weighted by Gasteiger charge is 2.19. The van der Waals surface area contributed by atoms with Gasteiger partial charge in [0.05, 0.1) is 0 Å². The van der Waals surface area contributed by atoms with Crippen molar-refractivity contribution in [3.8, 4) is 0 Å². The topological polar surface area (TPSA) is 26.0 Å². The molecule has 0 fully saturated rings. The number of fused-ring (bicyclic) bond motifs is 1. The van der Waals surface area contributed by atoms with Crippen molar-refractivity contribution in [2.24, 2.45) is 11.7 Å². The lowest BCUT2D eigenvalue weighted by Gasteiger charge is -2.04. The fraction of sp³-hybridized carbons (Fsp3) is 0.455. The van der Waals surface area contributed by atoms with E-state index in [1.807, 2.05) is 0 Å². The molecule has 1 aromatic rings. The molecule has 2 N–H and O–H groups in total. The van der Waals surface area contributed by atoms with Crippen LogP contribution >= 0.6 is 12.4 Å². The maximum atomic E-state index is 5.54. The van der Waals surface area contributed by atoms with E-state index in [0.29, 0.717) is 0 Å². The quantitative estimate of drug-likeness (QED) is 0.773. The molecule has 0 spiro atoms. The minimum atomic E-state index is 0. The van der Waals surface area contributed by atoms with Crippen molar-refractivity contribution >= 4 is 12.4 Å². The van der Waals surface area contributed by atoms with E-state index >= 15 is 0 Å². The van der Waals surface area contributed by atoms with E-state index in [2.05, 4.69) is 24.3 Å². The second-order valence-corrected chi connectivity index (χ2v) is 3.62. The molecule has 0 aromatic heterocycles. The molecule has 0 amide bonds. The van der Waals surface area contributed by atoms with E-state index in [-0.39, 0.29) is 12.4 Å². The Labute approximate surface area is 85.7 Å². The smallest absolute Gasteiger partial charge is 0.00744 e. The Bertz CT molecular complexity index is 248. The molecule has 0 atom stereocenters. The predicted molar refractivity (Wildman–Crippen MR) is 58.3 cm³/mol. The Hall–Kier alpha value is -0.530. The van der Waals surface area contributed by atoms with Crippen LogP contribution in [-0.2, 0) is 12.8 Å². The molecule has 0 heterocycles. The third-order valence-corrected chi connectivity index (χ3v) is 2.71. The minimum Gasteiger partial charge on any atom is -0.330 e. The van der Waals surface area contributed by atoms with Crippen LogP contribution in [0.25, 0.3) is 0 Å². The summed E-state index contributed by atoms with van der Waals surface area (Å²) in [5, 5.41) is 0. The number of halogens is 1. The zero-order chi connectivity index (χ0) is 8.39. The van der Waals surface area contributed by atoms with Crippen molar-refractivity contribution in [2.75, 3.05) is 6.54 Å². The molecule has 1 aliphatic carbocycles. The van der Waals surface area contributed by atoms with Gasteiger partial charge in [0, 0.05) is 0 Å². The highest BCUT2D eigenvalue weighted by molar-refractivity contribution is 5.85. The van der Waals surface area contributed by atoms with Gasteiger partial charge >= 0.3 is 0 Å². The van der Waals surface area contributed by atoms with Gasteiger partial charge in [0.1, 0.15) is 0 Å². The number of rotatable bonds is 2. The van der Waals surface area contributed by atoms with Crippen LogP contribution < -0.4 is 5.73 Å². The first-order valence-electron chi connectivity index (χ1n) is 4.67. The van der Waals surface area contributed by atoms with Gasteiger partial charge in [-0.15, -0.1) is 12.4 Å². The first kappa shape index (κ1) is 10.6. The Kier molecular flexibility index (Phi) is 3.76. The van der Waals surface area contributed by atoms with Crippen molar-refractivity contribution < 1.29 is 0 Å². The van der Waals surface area contributed by atoms with Gasteiger partial charge in [-0.3, -0.25) is 0 Å². The molecule has 1 aliphatic rings. The van der Waals surface area contributed by atoms with Crippen LogP contribution in [0.4, 0.5) is 0 Å². The number of benzene rings is 1. The van der Waals surface area contributed by atoms with Crippen molar-refractivity contribution in [3.63, 3.8) is 0 Å². The first-order chi connectivity index (χ1) is 5.90. The van der Waals surface area contributed by atoms with Crippen LogP contribution in [0, 0.1) is 5.92 Å². The summed E-state index contributed by atoms with van der Waals surface area (Å²) in [6, 6.07) is 8.74. The third-order valence-electron chi connectivity index (χ3n) is 2.71. The molecule has 13 heavy (non-hydrogen) atoms.